The Hall–Kier alpha value is -2.54. The van der Waals surface area contributed by atoms with Gasteiger partial charge < -0.3 is 0 Å². The monoisotopic (exact) mass is 363 g/mol. The molecule has 0 unspecified atom stereocenters. The van der Waals surface area contributed by atoms with E-state index in [9.17, 15) is 22.8 Å². The molecule has 1 heterocycles. The molecule has 2 amide bonds. The van der Waals surface area contributed by atoms with Gasteiger partial charge in [-0.05, 0) is 35.0 Å². The number of carbonyl (C=O) groups is 2. The van der Waals surface area contributed by atoms with Gasteiger partial charge in [0.25, 0.3) is 11.1 Å². The van der Waals surface area contributed by atoms with E-state index in [0.717, 1.165) is 22.6 Å². The molecule has 0 atom stereocenters. The number of alkyl halides is 3. The third-order valence-corrected chi connectivity index (χ3v) is 4.52. The summed E-state index contributed by atoms with van der Waals surface area (Å²) in [6.07, 6.45) is -3.41. The molecule has 0 saturated carbocycles. The van der Waals surface area contributed by atoms with Gasteiger partial charge in [0.05, 0.1) is 17.0 Å². The fourth-order valence-electron chi connectivity index (χ4n) is 2.42. The molecule has 1 aliphatic heterocycles. The molecule has 3 rings (SSSR count). The number of carbonyl (C=O) groups excluding carboxylic acids is 2. The van der Waals surface area contributed by atoms with E-state index >= 15 is 0 Å². The van der Waals surface area contributed by atoms with Gasteiger partial charge in [0.2, 0.25) is 0 Å². The van der Waals surface area contributed by atoms with Gasteiger partial charge in [-0.2, -0.15) is 13.2 Å². The van der Waals surface area contributed by atoms with E-state index in [1.807, 2.05) is 6.07 Å². The Morgan fingerprint density at radius 3 is 2.28 bits per heavy atom. The first kappa shape index (κ1) is 17.3. The van der Waals surface area contributed by atoms with Crippen molar-refractivity contribution in [2.75, 3.05) is 0 Å². The quantitative estimate of drug-likeness (QED) is 0.725. The maximum Gasteiger partial charge on any atom is 0.416 e. The normalized spacial score (nSPS) is 16.8. The zero-order valence-corrected chi connectivity index (χ0v) is 13.6. The minimum atomic E-state index is -4.53. The topological polar surface area (TPSA) is 37.4 Å². The van der Waals surface area contributed by atoms with Crippen LogP contribution in [0, 0.1) is 0 Å². The average Bonchev–Trinajstić information content (AvgIpc) is 2.83. The van der Waals surface area contributed by atoms with Gasteiger partial charge in [-0.3, -0.25) is 14.5 Å². The Labute approximate surface area is 146 Å². The van der Waals surface area contributed by atoms with Crippen molar-refractivity contribution in [2.45, 2.75) is 12.7 Å². The number of amides is 2. The Morgan fingerprint density at radius 1 is 0.960 bits per heavy atom. The van der Waals surface area contributed by atoms with Crippen LogP contribution in [0.3, 0.4) is 0 Å². The number of imide groups is 1. The van der Waals surface area contributed by atoms with E-state index in [1.54, 1.807) is 24.3 Å². The smallest absolute Gasteiger partial charge is 0.268 e. The van der Waals surface area contributed by atoms with Crippen LogP contribution in [0.1, 0.15) is 16.7 Å². The van der Waals surface area contributed by atoms with Gasteiger partial charge in [0.15, 0.2) is 0 Å². The second-order valence-electron chi connectivity index (χ2n) is 5.34. The molecule has 0 aromatic heterocycles. The van der Waals surface area contributed by atoms with Gasteiger partial charge in [0, 0.05) is 0 Å². The van der Waals surface area contributed by atoms with Crippen molar-refractivity contribution in [3.63, 3.8) is 0 Å². The van der Waals surface area contributed by atoms with Crippen LogP contribution < -0.4 is 0 Å². The van der Waals surface area contributed by atoms with Gasteiger partial charge in [-0.25, -0.2) is 0 Å². The van der Waals surface area contributed by atoms with E-state index in [2.05, 4.69) is 0 Å². The molecule has 25 heavy (non-hydrogen) atoms. The number of halogens is 3. The summed E-state index contributed by atoms with van der Waals surface area (Å²) in [5.41, 5.74) is -0.216. The number of rotatable bonds is 3. The minimum Gasteiger partial charge on any atom is -0.268 e. The third kappa shape index (κ3) is 3.76. The van der Waals surface area contributed by atoms with Crippen molar-refractivity contribution in [1.29, 1.82) is 0 Å². The van der Waals surface area contributed by atoms with Gasteiger partial charge >= 0.3 is 6.18 Å². The van der Waals surface area contributed by atoms with Gasteiger partial charge in [0.1, 0.15) is 0 Å². The molecule has 1 fully saturated rings. The molecule has 1 aliphatic rings. The predicted molar refractivity (Wildman–Crippen MR) is 89.4 cm³/mol. The Balaban J connectivity index is 1.89. The standard InChI is InChI=1S/C18H12F3NO2S/c19-18(20,21)14-9-5-4-8-13(14)10-15-16(23)22(17(24)25-15)11-12-6-2-1-3-7-12/h1-10H,11H2/b15-10-. The molecule has 3 nitrogen and oxygen atoms in total. The van der Waals surface area contributed by atoms with Crippen LogP contribution in [-0.4, -0.2) is 16.0 Å². The summed E-state index contributed by atoms with van der Waals surface area (Å²) in [6, 6.07) is 13.9. The number of hydrogen-bond donors (Lipinski definition) is 0. The zero-order chi connectivity index (χ0) is 18.0. The lowest BCUT2D eigenvalue weighted by atomic mass is 10.1. The molecule has 0 bridgehead atoms. The summed E-state index contributed by atoms with van der Waals surface area (Å²) in [5.74, 6) is -0.587. The fraction of sp³-hybridized carbons (Fsp3) is 0.111. The van der Waals surface area contributed by atoms with Gasteiger partial charge in [-0.15, -0.1) is 0 Å². The van der Waals surface area contributed by atoms with E-state index in [1.165, 1.54) is 18.2 Å². The van der Waals surface area contributed by atoms with Crippen molar-refractivity contribution in [3.8, 4) is 0 Å². The van der Waals surface area contributed by atoms with Crippen LogP contribution in [0.4, 0.5) is 18.0 Å². The highest BCUT2D eigenvalue weighted by atomic mass is 32.2. The highest BCUT2D eigenvalue weighted by Crippen LogP contribution is 2.37. The largest absolute Gasteiger partial charge is 0.416 e. The molecular weight excluding hydrogens is 351 g/mol. The molecule has 2 aromatic rings. The van der Waals surface area contributed by atoms with Crippen molar-refractivity contribution in [3.05, 3.63) is 76.2 Å². The van der Waals surface area contributed by atoms with E-state index in [0.29, 0.717) is 11.8 Å². The molecular formula is C18H12F3NO2S. The first-order valence-corrected chi connectivity index (χ1v) is 8.13. The molecule has 128 valence electrons. The molecule has 0 radical (unpaired) electrons. The summed E-state index contributed by atoms with van der Waals surface area (Å²) in [4.78, 5) is 25.5. The Bertz CT molecular complexity index is 847. The average molecular weight is 363 g/mol. The lowest BCUT2D eigenvalue weighted by molar-refractivity contribution is -0.137. The maximum atomic E-state index is 13.1. The third-order valence-electron chi connectivity index (χ3n) is 3.61. The lowest BCUT2D eigenvalue weighted by Gasteiger charge is -2.12. The van der Waals surface area contributed by atoms with Crippen LogP contribution in [0.25, 0.3) is 6.08 Å². The zero-order valence-electron chi connectivity index (χ0n) is 12.8. The van der Waals surface area contributed by atoms with Crippen molar-refractivity contribution >= 4 is 29.0 Å². The minimum absolute atomic E-state index is 0.0161. The molecule has 2 aromatic carbocycles. The van der Waals surface area contributed by atoms with Crippen LogP contribution in [-0.2, 0) is 17.5 Å². The fourth-order valence-corrected chi connectivity index (χ4v) is 3.25. The highest BCUT2D eigenvalue weighted by molar-refractivity contribution is 8.18. The van der Waals surface area contributed by atoms with Crippen molar-refractivity contribution in [2.24, 2.45) is 0 Å². The predicted octanol–water partition coefficient (Wildman–Crippen LogP) is 4.94. The number of benzene rings is 2. The first-order valence-electron chi connectivity index (χ1n) is 7.32. The second kappa shape index (κ2) is 6.76. The molecule has 0 spiro atoms. The van der Waals surface area contributed by atoms with Crippen LogP contribution in [0.15, 0.2) is 59.5 Å². The first-order chi connectivity index (χ1) is 11.9. The second-order valence-corrected chi connectivity index (χ2v) is 6.33. The lowest BCUT2D eigenvalue weighted by Crippen LogP contribution is -2.27. The maximum absolute atomic E-state index is 13.1. The summed E-state index contributed by atoms with van der Waals surface area (Å²) in [6.45, 7) is 0.0871. The van der Waals surface area contributed by atoms with Crippen LogP contribution >= 0.6 is 11.8 Å². The SMILES string of the molecule is O=C1S/C(=C\c2ccccc2C(F)(F)F)C(=O)N1Cc1ccccc1. The summed E-state index contributed by atoms with van der Waals surface area (Å²) >= 11 is 0.646. The molecule has 1 saturated heterocycles. The summed E-state index contributed by atoms with van der Waals surface area (Å²) in [7, 11) is 0. The number of hydrogen-bond acceptors (Lipinski definition) is 3. The molecule has 7 heteroatoms. The van der Waals surface area contributed by atoms with E-state index < -0.39 is 22.9 Å². The molecule has 0 aliphatic carbocycles. The van der Waals surface area contributed by atoms with Crippen molar-refractivity contribution < 1.29 is 22.8 Å². The van der Waals surface area contributed by atoms with E-state index in [4.69, 9.17) is 0 Å². The van der Waals surface area contributed by atoms with Gasteiger partial charge in [-0.1, -0.05) is 48.5 Å². The summed E-state index contributed by atoms with van der Waals surface area (Å²) in [5, 5.41) is -0.496. The highest BCUT2D eigenvalue weighted by Gasteiger charge is 2.37. The van der Waals surface area contributed by atoms with Crippen molar-refractivity contribution in [1.82, 2.24) is 4.90 Å². The molecule has 0 N–H and O–H groups in total. The number of nitrogens with zero attached hydrogens (tertiary/aromatic N) is 1. The van der Waals surface area contributed by atoms with Crippen LogP contribution in [0.5, 0.6) is 0 Å². The Kier molecular flexibility index (Phi) is 4.67. The Morgan fingerprint density at radius 2 is 1.60 bits per heavy atom. The van der Waals surface area contributed by atoms with E-state index in [-0.39, 0.29) is 17.0 Å². The van der Waals surface area contributed by atoms with Crippen LogP contribution in [0.2, 0.25) is 0 Å². The summed E-state index contributed by atoms with van der Waals surface area (Å²) < 4.78 is 39.2. The number of thioether (sulfide) groups is 1.